The number of carbonyl (C=O) groups excluding carboxylic acids is 1. The van der Waals surface area contributed by atoms with E-state index in [1.165, 1.54) is 6.20 Å². The molecule has 29 heavy (non-hydrogen) atoms. The summed E-state index contributed by atoms with van der Waals surface area (Å²) >= 11 is 0. The highest BCUT2D eigenvalue weighted by Gasteiger charge is 2.31. The van der Waals surface area contributed by atoms with Crippen LogP contribution in [0.15, 0.2) is 6.20 Å². The molecule has 2 aliphatic carbocycles. The van der Waals surface area contributed by atoms with Crippen LogP contribution in [0.3, 0.4) is 0 Å². The highest BCUT2D eigenvalue weighted by atomic mass is 19.4. The topological polar surface area (TPSA) is 122 Å². The summed E-state index contributed by atoms with van der Waals surface area (Å²) in [7, 11) is 0. The molecule has 0 spiro atoms. The van der Waals surface area contributed by atoms with Gasteiger partial charge in [0.25, 0.3) is 5.91 Å². The zero-order chi connectivity index (χ0) is 21.0. The van der Waals surface area contributed by atoms with Crippen molar-refractivity contribution < 1.29 is 27.8 Å². The van der Waals surface area contributed by atoms with Gasteiger partial charge >= 0.3 is 6.18 Å². The Bertz CT molecular complexity index is 710. The molecule has 162 valence electrons. The number of ether oxygens (including phenoxy) is 1. The number of amides is 1. The number of alkyl halides is 3. The first kappa shape index (κ1) is 21.6. The van der Waals surface area contributed by atoms with Gasteiger partial charge in [0.2, 0.25) is 5.95 Å². The number of nitrogens with zero attached hydrogens (tertiary/aromatic N) is 2. The van der Waals surface area contributed by atoms with Gasteiger partial charge in [-0.25, -0.2) is 4.98 Å². The second kappa shape index (κ2) is 9.12. The summed E-state index contributed by atoms with van der Waals surface area (Å²) in [6, 6.07) is -0.220. The number of anilines is 2. The SMILES string of the molecule is NC(=O)c1cnc(N[C@H]2CC[C@H](OCC(F)(F)F)CC2)nc1N[C@@H]1CCCC1O. The van der Waals surface area contributed by atoms with Crippen molar-refractivity contribution in [1.82, 2.24) is 9.97 Å². The lowest BCUT2D eigenvalue weighted by Gasteiger charge is -2.29. The van der Waals surface area contributed by atoms with Gasteiger partial charge in [-0.1, -0.05) is 0 Å². The Labute approximate surface area is 166 Å². The average molecular weight is 417 g/mol. The van der Waals surface area contributed by atoms with Gasteiger partial charge in [0.05, 0.1) is 23.8 Å². The zero-order valence-corrected chi connectivity index (χ0v) is 15.9. The van der Waals surface area contributed by atoms with E-state index < -0.39 is 30.9 Å². The van der Waals surface area contributed by atoms with Crippen LogP contribution in [-0.4, -0.2) is 58.1 Å². The van der Waals surface area contributed by atoms with Gasteiger partial charge in [-0.2, -0.15) is 18.2 Å². The van der Waals surface area contributed by atoms with Gasteiger partial charge in [-0.05, 0) is 44.9 Å². The second-order valence-electron chi connectivity index (χ2n) is 7.61. The lowest BCUT2D eigenvalue weighted by molar-refractivity contribution is -0.187. The molecule has 8 nitrogen and oxygen atoms in total. The van der Waals surface area contributed by atoms with E-state index in [9.17, 15) is 23.1 Å². The van der Waals surface area contributed by atoms with Crippen molar-refractivity contribution in [3.05, 3.63) is 11.8 Å². The normalized spacial score (nSPS) is 27.6. The molecule has 2 fully saturated rings. The summed E-state index contributed by atoms with van der Waals surface area (Å²) in [5.41, 5.74) is 5.53. The van der Waals surface area contributed by atoms with Crippen LogP contribution in [0.25, 0.3) is 0 Å². The zero-order valence-electron chi connectivity index (χ0n) is 15.9. The Kier molecular flexibility index (Phi) is 6.78. The predicted octanol–water partition coefficient (Wildman–Crippen LogP) is 2.20. The number of aliphatic hydroxyl groups excluding tert-OH is 1. The average Bonchev–Trinajstić information content (AvgIpc) is 3.05. The van der Waals surface area contributed by atoms with Crippen LogP contribution in [0.1, 0.15) is 55.3 Å². The van der Waals surface area contributed by atoms with Gasteiger partial charge in [0, 0.05) is 12.2 Å². The number of nitrogens with two attached hydrogens (primary N) is 1. The van der Waals surface area contributed by atoms with Crippen molar-refractivity contribution in [2.45, 2.75) is 75.4 Å². The van der Waals surface area contributed by atoms with Crippen molar-refractivity contribution >= 4 is 17.7 Å². The second-order valence-corrected chi connectivity index (χ2v) is 7.61. The minimum absolute atomic E-state index is 0.00918. The Hall–Kier alpha value is -2.14. The third kappa shape index (κ3) is 6.17. The van der Waals surface area contributed by atoms with Crippen LogP contribution in [-0.2, 0) is 4.74 Å². The first-order valence-electron chi connectivity index (χ1n) is 9.77. The lowest BCUT2D eigenvalue weighted by atomic mass is 9.93. The van der Waals surface area contributed by atoms with E-state index in [2.05, 4.69) is 20.6 Å². The third-order valence-electron chi connectivity index (χ3n) is 5.35. The number of rotatable bonds is 7. The minimum Gasteiger partial charge on any atom is -0.391 e. The molecule has 1 unspecified atom stereocenters. The Morgan fingerprint density at radius 2 is 1.93 bits per heavy atom. The molecular weight excluding hydrogens is 391 g/mol. The molecule has 11 heteroatoms. The van der Waals surface area contributed by atoms with Crippen LogP contribution in [0.2, 0.25) is 0 Å². The molecule has 2 saturated carbocycles. The number of hydrogen-bond donors (Lipinski definition) is 4. The van der Waals surface area contributed by atoms with Gasteiger partial charge < -0.3 is 26.2 Å². The summed E-state index contributed by atoms with van der Waals surface area (Å²) in [4.78, 5) is 20.2. The summed E-state index contributed by atoms with van der Waals surface area (Å²) in [5, 5.41) is 16.3. The summed E-state index contributed by atoms with van der Waals surface area (Å²) in [6.45, 7) is -1.23. The fraction of sp³-hybridized carbons (Fsp3) is 0.722. The molecule has 1 amide bonds. The molecule has 1 aromatic heterocycles. The van der Waals surface area contributed by atoms with E-state index >= 15 is 0 Å². The fourth-order valence-electron chi connectivity index (χ4n) is 3.79. The maximum absolute atomic E-state index is 12.3. The number of nitrogens with one attached hydrogen (secondary N) is 2. The first-order chi connectivity index (χ1) is 13.7. The van der Waals surface area contributed by atoms with E-state index in [0.717, 1.165) is 12.8 Å². The quantitative estimate of drug-likeness (QED) is 0.536. The highest BCUT2D eigenvalue weighted by molar-refractivity contribution is 5.97. The van der Waals surface area contributed by atoms with E-state index in [4.69, 9.17) is 10.5 Å². The smallest absolute Gasteiger partial charge is 0.391 e. The number of aromatic nitrogens is 2. The van der Waals surface area contributed by atoms with Crippen molar-refractivity contribution in [3.63, 3.8) is 0 Å². The first-order valence-corrected chi connectivity index (χ1v) is 9.77. The maximum Gasteiger partial charge on any atom is 0.411 e. The number of primary amides is 1. The number of carbonyl (C=O) groups is 1. The van der Waals surface area contributed by atoms with Crippen LogP contribution in [0.4, 0.5) is 24.9 Å². The molecular formula is C18H26F3N5O3. The number of halogens is 3. The molecule has 2 atom stereocenters. The van der Waals surface area contributed by atoms with E-state index in [1.807, 2.05) is 0 Å². The van der Waals surface area contributed by atoms with Gasteiger partial charge in [0.15, 0.2) is 0 Å². The molecule has 0 radical (unpaired) electrons. The van der Waals surface area contributed by atoms with Gasteiger partial charge in [-0.3, -0.25) is 4.79 Å². The monoisotopic (exact) mass is 417 g/mol. The molecule has 2 aliphatic rings. The third-order valence-corrected chi connectivity index (χ3v) is 5.35. The van der Waals surface area contributed by atoms with Crippen LogP contribution in [0.5, 0.6) is 0 Å². The van der Waals surface area contributed by atoms with Crippen molar-refractivity contribution in [2.75, 3.05) is 17.2 Å². The predicted molar refractivity (Wildman–Crippen MR) is 99.5 cm³/mol. The summed E-state index contributed by atoms with van der Waals surface area (Å²) in [5.74, 6) is -0.110. The molecule has 0 saturated heterocycles. The fourth-order valence-corrected chi connectivity index (χ4v) is 3.79. The highest BCUT2D eigenvalue weighted by Crippen LogP contribution is 2.27. The Morgan fingerprint density at radius 3 is 2.52 bits per heavy atom. The largest absolute Gasteiger partial charge is 0.411 e. The number of aliphatic hydroxyl groups is 1. The van der Waals surface area contributed by atoms with E-state index in [1.54, 1.807) is 0 Å². The van der Waals surface area contributed by atoms with Crippen molar-refractivity contribution in [3.8, 4) is 0 Å². The van der Waals surface area contributed by atoms with Gasteiger partial charge in [0.1, 0.15) is 12.4 Å². The Morgan fingerprint density at radius 1 is 1.21 bits per heavy atom. The number of hydrogen-bond acceptors (Lipinski definition) is 7. The lowest BCUT2D eigenvalue weighted by Crippen LogP contribution is -2.33. The van der Waals surface area contributed by atoms with Crippen LogP contribution in [0, 0.1) is 0 Å². The maximum atomic E-state index is 12.3. The molecule has 0 bridgehead atoms. The molecule has 0 aliphatic heterocycles. The standard InChI is InChI=1S/C18H26F3N5O3/c19-18(20,21)9-29-11-6-4-10(5-7-11)24-17-23-8-12(15(22)28)16(26-17)25-13-2-1-3-14(13)27/h8,10-11,13-14,27H,1-7,9H2,(H2,22,28)(H2,23,24,25,26)/t10-,11-,13-,14?/m1/s1. The summed E-state index contributed by atoms with van der Waals surface area (Å²) < 4.78 is 41.7. The molecule has 0 aromatic carbocycles. The molecule has 3 rings (SSSR count). The minimum atomic E-state index is -4.32. The molecule has 1 heterocycles. The summed E-state index contributed by atoms with van der Waals surface area (Å²) in [6.07, 6.45) is 0.651. The molecule has 1 aromatic rings. The van der Waals surface area contributed by atoms with E-state index in [0.29, 0.717) is 38.1 Å². The van der Waals surface area contributed by atoms with Crippen molar-refractivity contribution in [1.29, 1.82) is 0 Å². The van der Waals surface area contributed by atoms with Crippen molar-refractivity contribution in [2.24, 2.45) is 5.73 Å². The molecule has 5 N–H and O–H groups in total. The Balaban J connectivity index is 1.58. The van der Waals surface area contributed by atoms with E-state index in [-0.39, 0.29) is 23.5 Å². The van der Waals surface area contributed by atoms with Crippen LogP contribution < -0.4 is 16.4 Å². The van der Waals surface area contributed by atoms with Crippen LogP contribution >= 0.6 is 0 Å². The van der Waals surface area contributed by atoms with Gasteiger partial charge in [-0.15, -0.1) is 0 Å².